The van der Waals surface area contributed by atoms with E-state index in [-0.39, 0.29) is 18.2 Å². The first kappa shape index (κ1) is 11.7. The van der Waals surface area contributed by atoms with Gasteiger partial charge in [-0.05, 0) is 20.3 Å². The topological polar surface area (TPSA) is 67.2 Å². The average molecular weight is 211 g/mol. The maximum atomic E-state index is 11.5. The smallest absolute Gasteiger partial charge is 0.268 e. The number of nitrogens with one attached hydrogen (secondary N) is 1. The second-order valence-electron chi connectivity index (χ2n) is 3.68. The minimum atomic E-state index is -0.144. The lowest BCUT2D eigenvalue weighted by atomic mass is 10.3. The summed E-state index contributed by atoms with van der Waals surface area (Å²) in [6.07, 6.45) is 2.17. The fourth-order valence-electron chi connectivity index (χ4n) is 1.23. The second kappa shape index (κ2) is 5.50. The normalized spacial score (nSPS) is 10.7. The van der Waals surface area contributed by atoms with E-state index in [4.69, 9.17) is 5.11 Å². The van der Waals surface area contributed by atoms with Gasteiger partial charge in [-0.25, -0.2) is 4.68 Å². The molecule has 0 radical (unpaired) electrons. The molecule has 1 aromatic rings. The maximum absolute atomic E-state index is 11.5. The number of aliphatic hydroxyl groups is 1. The quantitative estimate of drug-likeness (QED) is 0.742. The summed E-state index contributed by atoms with van der Waals surface area (Å²) in [5, 5.41) is 15.7. The summed E-state index contributed by atoms with van der Waals surface area (Å²) in [5.41, 5.74) is 0.587. The third-order valence-corrected chi connectivity index (χ3v) is 1.85. The van der Waals surface area contributed by atoms with Crippen molar-refractivity contribution in [2.24, 2.45) is 0 Å². The predicted octanol–water partition coefficient (Wildman–Crippen LogP) is 0.446. The summed E-state index contributed by atoms with van der Waals surface area (Å²) >= 11 is 0. The van der Waals surface area contributed by atoms with Gasteiger partial charge in [-0.3, -0.25) is 4.79 Å². The minimum Gasteiger partial charge on any atom is -0.396 e. The van der Waals surface area contributed by atoms with Crippen molar-refractivity contribution < 1.29 is 5.11 Å². The number of nitrogens with zero attached hydrogens (tertiary/aromatic N) is 2. The van der Waals surface area contributed by atoms with E-state index >= 15 is 0 Å². The van der Waals surface area contributed by atoms with E-state index in [9.17, 15) is 4.79 Å². The highest BCUT2D eigenvalue weighted by Gasteiger charge is 2.00. The molecule has 1 rings (SSSR count). The number of hydrogen-bond donors (Lipinski definition) is 2. The standard InChI is InChI=1S/C10H17N3O2/c1-8(2)12-9-6-10(15)13(11-7-9)4-3-5-14/h6-8,12,14H,3-5H2,1-2H3. The van der Waals surface area contributed by atoms with Crippen LogP contribution in [0, 0.1) is 0 Å². The van der Waals surface area contributed by atoms with Crippen LogP contribution in [0.3, 0.4) is 0 Å². The van der Waals surface area contributed by atoms with E-state index in [1.54, 1.807) is 6.20 Å². The molecule has 1 heterocycles. The molecule has 84 valence electrons. The molecule has 0 bridgehead atoms. The van der Waals surface area contributed by atoms with E-state index in [1.165, 1.54) is 10.7 Å². The zero-order valence-corrected chi connectivity index (χ0v) is 9.10. The Bertz CT molecular complexity index is 360. The zero-order chi connectivity index (χ0) is 11.3. The first-order valence-electron chi connectivity index (χ1n) is 5.08. The summed E-state index contributed by atoms with van der Waals surface area (Å²) in [7, 11) is 0. The van der Waals surface area contributed by atoms with Crippen LogP contribution >= 0.6 is 0 Å². The number of rotatable bonds is 5. The molecule has 0 aromatic carbocycles. The molecule has 0 fully saturated rings. The third kappa shape index (κ3) is 3.71. The van der Waals surface area contributed by atoms with Gasteiger partial charge in [-0.15, -0.1) is 0 Å². The van der Waals surface area contributed by atoms with Crippen LogP contribution in [0.2, 0.25) is 0 Å². The van der Waals surface area contributed by atoms with Gasteiger partial charge < -0.3 is 10.4 Å². The summed E-state index contributed by atoms with van der Waals surface area (Å²) in [5.74, 6) is 0. The Labute approximate surface area is 88.7 Å². The fourth-order valence-corrected chi connectivity index (χ4v) is 1.23. The number of anilines is 1. The zero-order valence-electron chi connectivity index (χ0n) is 9.10. The second-order valence-corrected chi connectivity index (χ2v) is 3.68. The molecule has 0 aliphatic heterocycles. The third-order valence-electron chi connectivity index (χ3n) is 1.85. The van der Waals surface area contributed by atoms with E-state index in [2.05, 4.69) is 10.4 Å². The molecule has 0 unspecified atom stereocenters. The highest BCUT2D eigenvalue weighted by molar-refractivity contribution is 5.39. The summed E-state index contributed by atoms with van der Waals surface area (Å²) in [6, 6.07) is 1.80. The van der Waals surface area contributed by atoms with Crippen molar-refractivity contribution in [1.29, 1.82) is 0 Å². The maximum Gasteiger partial charge on any atom is 0.268 e. The van der Waals surface area contributed by atoms with Crippen LogP contribution in [0.4, 0.5) is 5.69 Å². The molecular weight excluding hydrogens is 194 g/mol. The molecule has 0 atom stereocenters. The molecular formula is C10H17N3O2. The van der Waals surface area contributed by atoms with E-state index in [0.29, 0.717) is 13.0 Å². The van der Waals surface area contributed by atoms with Crippen molar-refractivity contribution in [3.05, 3.63) is 22.6 Å². The van der Waals surface area contributed by atoms with E-state index in [0.717, 1.165) is 5.69 Å². The van der Waals surface area contributed by atoms with Crippen LogP contribution in [0.1, 0.15) is 20.3 Å². The Morgan fingerprint density at radius 3 is 2.87 bits per heavy atom. The van der Waals surface area contributed by atoms with Crippen molar-refractivity contribution in [3.8, 4) is 0 Å². The molecule has 0 saturated carbocycles. The number of aromatic nitrogens is 2. The Morgan fingerprint density at radius 1 is 1.60 bits per heavy atom. The minimum absolute atomic E-state index is 0.0696. The molecule has 5 heteroatoms. The van der Waals surface area contributed by atoms with Crippen molar-refractivity contribution in [1.82, 2.24) is 9.78 Å². The first-order valence-corrected chi connectivity index (χ1v) is 5.08. The van der Waals surface area contributed by atoms with Gasteiger partial charge in [-0.2, -0.15) is 5.10 Å². The number of aryl methyl sites for hydroxylation is 1. The van der Waals surface area contributed by atoms with Gasteiger partial charge in [0.1, 0.15) is 0 Å². The summed E-state index contributed by atoms with van der Waals surface area (Å²) < 4.78 is 1.35. The van der Waals surface area contributed by atoms with Crippen LogP contribution in [0.25, 0.3) is 0 Å². The SMILES string of the molecule is CC(C)Nc1cnn(CCCO)c(=O)c1. The van der Waals surface area contributed by atoms with Gasteiger partial charge in [0.25, 0.3) is 5.56 Å². The molecule has 2 N–H and O–H groups in total. The Balaban J connectivity index is 2.74. The highest BCUT2D eigenvalue weighted by Crippen LogP contribution is 2.01. The molecule has 5 nitrogen and oxygen atoms in total. The average Bonchev–Trinajstić information content (AvgIpc) is 2.15. The van der Waals surface area contributed by atoms with Crippen LogP contribution in [0.15, 0.2) is 17.1 Å². The van der Waals surface area contributed by atoms with E-state index < -0.39 is 0 Å². The highest BCUT2D eigenvalue weighted by atomic mass is 16.3. The van der Waals surface area contributed by atoms with Crippen molar-refractivity contribution in [2.75, 3.05) is 11.9 Å². The monoisotopic (exact) mass is 211 g/mol. The predicted molar refractivity (Wildman–Crippen MR) is 59.0 cm³/mol. The van der Waals surface area contributed by atoms with Gasteiger partial charge >= 0.3 is 0 Å². The lowest BCUT2D eigenvalue weighted by Gasteiger charge is -2.10. The molecule has 0 aliphatic carbocycles. The molecule has 1 aromatic heterocycles. The Morgan fingerprint density at radius 2 is 2.33 bits per heavy atom. The van der Waals surface area contributed by atoms with Crippen molar-refractivity contribution >= 4 is 5.69 Å². The van der Waals surface area contributed by atoms with Crippen LogP contribution in [-0.2, 0) is 6.54 Å². The van der Waals surface area contributed by atoms with Gasteiger partial charge in [-0.1, -0.05) is 0 Å². The summed E-state index contributed by atoms with van der Waals surface area (Å²) in [4.78, 5) is 11.5. The van der Waals surface area contributed by atoms with Crippen molar-refractivity contribution in [2.45, 2.75) is 32.9 Å². The molecule has 0 amide bonds. The van der Waals surface area contributed by atoms with Gasteiger partial charge in [0.05, 0.1) is 11.9 Å². The van der Waals surface area contributed by atoms with Gasteiger partial charge in [0, 0.05) is 25.3 Å². The summed E-state index contributed by atoms with van der Waals surface area (Å²) in [6.45, 7) is 4.52. The van der Waals surface area contributed by atoms with Crippen LogP contribution in [-0.4, -0.2) is 27.5 Å². The fraction of sp³-hybridized carbons (Fsp3) is 0.600. The lowest BCUT2D eigenvalue weighted by Crippen LogP contribution is -2.24. The van der Waals surface area contributed by atoms with Gasteiger partial charge in [0.15, 0.2) is 0 Å². The first-order chi connectivity index (χ1) is 7.13. The van der Waals surface area contributed by atoms with E-state index in [1.807, 2.05) is 13.8 Å². The lowest BCUT2D eigenvalue weighted by molar-refractivity contribution is 0.275. The molecule has 15 heavy (non-hydrogen) atoms. The number of hydrogen-bond acceptors (Lipinski definition) is 4. The van der Waals surface area contributed by atoms with Crippen LogP contribution < -0.4 is 10.9 Å². The Kier molecular flexibility index (Phi) is 4.30. The number of aliphatic hydroxyl groups excluding tert-OH is 1. The molecule has 0 saturated heterocycles. The Hall–Kier alpha value is -1.36. The van der Waals surface area contributed by atoms with Crippen LogP contribution in [0.5, 0.6) is 0 Å². The molecule has 0 spiro atoms. The largest absolute Gasteiger partial charge is 0.396 e. The van der Waals surface area contributed by atoms with Crippen molar-refractivity contribution in [3.63, 3.8) is 0 Å². The van der Waals surface area contributed by atoms with Gasteiger partial charge in [0.2, 0.25) is 0 Å². The molecule has 0 aliphatic rings.